The lowest BCUT2D eigenvalue weighted by Gasteiger charge is -2.29. The fourth-order valence-corrected chi connectivity index (χ4v) is 1.71. The Labute approximate surface area is 95.7 Å². The van der Waals surface area contributed by atoms with Gasteiger partial charge in [-0.1, -0.05) is 32.9 Å². The van der Waals surface area contributed by atoms with Gasteiger partial charge in [-0.25, -0.2) is 8.78 Å². The molecule has 1 rings (SSSR count). The van der Waals surface area contributed by atoms with Crippen molar-refractivity contribution < 1.29 is 8.78 Å². The highest BCUT2D eigenvalue weighted by molar-refractivity contribution is 5.19. The van der Waals surface area contributed by atoms with Crippen LogP contribution >= 0.6 is 0 Å². The molecule has 1 nitrogen and oxygen atoms in total. The minimum Gasteiger partial charge on any atom is -0.330 e. The van der Waals surface area contributed by atoms with Crippen molar-refractivity contribution in [1.29, 1.82) is 0 Å². The molecule has 1 unspecified atom stereocenters. The predicted octanol–water partition coefficient (Wildman–Crippen LogP) is 3.13. The predicted molar refractivity (Wildman–Crippen MR) is 62.1 cm³/mol. The molecule has 3 heteroatoms. The van der Waals surface area contributed by atoms with Crippen LogP contribution in [-0.2, 0) is 6.42 Å². The molecule has 1 aromatic carbocycles. The first-order valence-corrected chi connectivity index (χ1v) is 5.49. The Hall–Kier alpha value is -0.960. The Balaban J connectivity index is 2.91. The van der Waals surface area contributed by atoms with Crippen LogP contribution in [0.3, 0.4) is 0 Å². The van der Waals surface area contributed by atoms with Crippen molar-refractivity contribution in [2.45, 2.75) is 27.2 Å². The van der Waals surface area contributed by atoms with Crippen LogP contribution in [-0.4, -0.2) is 6.54 Å². The molecule has 0 saturated heterocycles. The van der Waals surface area contributed by atoms with Gasteiger partial charge in [0.15, 0.2) is 11.6 Å². The van der Waals surface area contributed by atoms with E-state index in [0.717, 1.165) is 6.07 Å². The van der Waals surface area contributed by atoms with E-state index in [4.69, 9.17) is 5.73 Å². The highest BCUT2D eigenvalue weighted by Gasteiger charge is 2.24. The van der Waals surface area contributed by atoms with Gasteiger partial charge >= 0.3 is 0 Å². The Morgan fingerprint density at radius 3 is 2.38 bits per heavy atom. The maximum absolute atomic E-state index is 13.5. The van der Waals surface area contributed by atoms with Gasteiger partial charge in [0.2, 0.25) is 0 Å². The van der Waals surface area contributed by atoms with Gasteiger partial charge in [-0.3, -0.25) is 0 Å². The lowest BCUT2D eigenvalue weighted by atomic mass is 9.77. The molecular weight excluding hydrogens is 208 g/mol. The number of benzene rings is 1. The molecule has 0 aromatic heterocycles. The van der Waals surface area contributed by atoms with Gasteiger partial charge in [0.1, 0.15) is 0 Å². The Morgan fingerprint density at radius 2 is 1.88 bits per heavy atom. The summed E-state index contributed by atoms with van der Waals surface area (Å²) in [7, 11) is 0. The third-order valence-corrected chi connectivity index (χ3v) is 3.01. The van der Waals surface area contributed by atoms with Gasteiger partial charge in [0.25, 0.3) is 0 Å². The number of nitrogens with two attached hydrogens (primary N) is 1. The van der Waals surface area contributed by atoms with Crippen molar-refractivity contribution >= 4 is 0 Å². The fourth-order valence-electron chi connectivity index (χ4n) is 1.71. The lowest BCUT2D eigenvalue weighted by Crippen LogP contribution is -2.30. The third-order valence-electron chi connectivity index (χ3n) is 3.01. The Morgan fingerprint density at radius 1 is 1.25 bits per heavy atom. The van der Waals surface area contributed by atoms with Crippen LogP contribution < -0.4 is 5.73 Å². The normalized spacial score (nSPS) is 13.9. The fraction of sp³-hybridized carbons (Fsp3) is 0.538. The Kier molecular flexibility index (Phi) is 4.03. The van der Waals surface area contributed by atoms with Crippen LogP contribution in [0.15, 0.2) is 18.2 Å². The molecule has 0 bridgehead atoms. The van der Waals surface area contributed by atoms with Crippen molar-refractivity contribution in [2.75, 3.05) is 6.54 Å². The standard InChI is InChI=1S/C13H19F2N/c1-13(2,3)10(8-16)7-9-5-4-6-11(14)12(9)15/h4-6,10H,7-8,16H2,1-3H3. The topological polar surface area (TPSA) is 26.0 Å². The van der Waals surface area contributed by atoms with Crippen molar-refractivity contribution in [3.05, 3.63) is 35.4 Å². The van der Waals surface area contributed by atoms with Gasteiger partial charge in [0, 0.05) is 0 Å². The summed E-state index contributed by atoms with van der Waals surface area (Å²) < 4.78 is 26.5. The number of hydrogen-bond acceptors (Lipinski definition) is 1. The molecule has 16 heavy (non-hydrogen) atoms. The zero-order chi connectivity index (χ0) is 12.3. The second-order valence-electron chi connectivity index (χ2n) is 5.22. The van der Waals surface area contributed by atoms with Crippen LogP contribution in [0, 0.1) is 23.0 Å². The minimum atomic E-state index is -0.790. The van der Waals surface area contributed by atoms with Gasteiger partial charge in [-0.2, -0.15) is 0 Å². The van der Waals surface area contributed by atoms with Crippen molar-refractivity contribution in [3.8, 4) is 0 Å². The largest absolute Gasteiger partial charge is 0.330 e. The first kappa shape index (κ1) is 13.1. The average Bonchev–Trinajstić information content (AvgIpc) is 2.18. The van der Waals surface area contributed by atoms with E-state index in [1.165, 1.54) is 6.07 Å². The van der Waals surface area contributed by atoms with Crippen molar-refractivity contribution in [3.63, 3.8) is 0 Å². The van der Waals surface area contributed by atoms with E-state index in [1.54, 1.807) is 6.07 Å². The third kappa shape index (κ3) is 3.01. The number of rotatable bonds is 3. The van der Waals surface area contributed by atoms with Gasteiger partial charge < -0.3 is 5.73 Å². The van der Waals surface area contributed by atoms with E-state index < -0.39 is 11.6 Å². The summed E-state index contributed by atoms with van der Waals surface area (Å²) in [6, 6.07) is 4.28. The molecule has 0 aliphatic rings. The second-order valence-corrected chi connectivity index (χ2v) is 5.22. The van der Waals surface area contributed by atoms with Crippen LogP contribution in [0.1, 0.15) is 26.3 Å². The van der Waals surface area contributed by atoms with E-state index in [1.807, 2.05) is 0 Å². The van der Waals surface area contributed by atoms with Gasteiger partial charge in [0.05, 0.1) is 0 Å². The lowest BCUT2D eigenvalue weighted by molar-refractivity contribution is 0.243. The molecule has 0 aliphatic heterocycles. The summed E-state index contributed by atoms with van der Waals surface area (Å²) in [6.45, 7) is 6.64. The Bertz CT molecular complexity index is 355. The van der Waals surface area contributed by atoms with E-state index in [0.29, 0.717) is 18.5 Å². The van der Waals surface area contributed by atoms with Crippen LogP contribution in [0.4, 0.5) is 8.78 Å². The quantitative estimate of drug-likeness (QED) is 0.843. The van der Waals surface area contributed by atoms with Crippen molar-refractivity contribution in [1.82, 2.24) is 0 Å². The van der Waals surface area contributed by atoms with Crippen LogP contribution in [0.25, 0.3) is 0 Å². The number of halogens is 2. The number of hydrogen-bond donors (Lipinski definition) is 1. The van der Waals surface area contributed by atoms with E-state index in [9.17, 15) is 8.78 Å². The monoisotopic (exact) mass is 227 g/mol. The highest BCUT2D eigenvalue weighted by Crippen LogP contribution is 2.29. The van der Waals surface area contributed by atoms with Crippen LogP contribution in [0.5, 0.6) is 0 Å². The van der Waals surface area contributed by atoms with E-state index in [2.05, 4.69) is 20.8 Å². The van der Waals surface area contributed by atoms with Crippen molar-refractivity contribution in [2.24, 2.45) is 17.1 Å². The molecule has 1 atom stereocenters. The second kappa shape index (κ2) is 4.91. The molecular formula is C13H19F2N. The summed E-state index contributed by atoms with van der Waals surface area (Å²) in [5.74, 6) is -1.39. The molecule has 2 N–H and O–H groups in total. The molecule has 1 aromatic rings. The minimum absolute atomic E-state index is 0.00644. The molecule has 0 saturated carbocycles. The molecule has 0 radical (unpaired) electrons. The van der Waals surface area contributed by atoms with Gasteiger partial charge in [-0.05, 0) is 35.9 Å². The first-order chi connectivity index (χ1) is 7.36. The molecule has 0 aliphatic carbocycles. The highest BCUT2D eigenvalue weighted by atomic mass is 19.2. The molecule has 0 amide bonds. The maximum Gasteiger partial charge on any atom is 0.162 e. The zero-order valence-corrected chi connectivity index (χ0v) is 10.1. The summed E-state index contributed by atoms with van der Waals surface area (Å²) in [4.78, 5) is 0. The summed E-state index contributed by atoms with van der Waals surface area (Å²) in [5, 5.41) is 0. The van der Waals surface area contributed by atoms with Gasteiger partial charge in [-0.15, -0.1) is 0 Å². The molecule has 0 heterocycles. The van der Waals surface area contributed by atoms with E-state index in [-0.39, 0.29) is 11.3 Å². The average molecular weight is 227 g/mol. The smallest absolute Gasteiger partial charge is 0.162 e. The van der Waals surface area contributed by atoms with E-state index >= 15 is 0 Å². The molecule has 90 valence electrons. The molecule has 0 fully saturated rings. The summed E-state index contributed by atoms with van der Waals surface area (Å²) in [6.07, 6.45) is 0.476. The SMILES string of the molecule is CC(C)(C)C(CN)Cc1cccc(F)c1F. The summed E-state index contributed by atoms with van der Waals surface area (Å²) >= 11 is 0. The maximum atomic E-state index is 13.5. The summed E-state index contributed by atoms with van der Waals surface area (Å²) in [5.41, 5.74) is 6.08. The van der Waals surface area contributed by atoms with Crippen LogP contribution in [0.2, 0.25) is 0 Å². The zero-order valence-electron chi connectivity index (χ0n) is 10.1. The molecule has 0 spiro atoms. The first-order valence-electron chi connectivity index (χ1n) is 5.49.